The fourth-order valence-corrected chi connectivity index (χ4v) is 2.05. The van der Waals surface area contributed by atoms with Gasteiger partial charge in [-0.25, -0.2) is 0 Å². The number of ether oxygens (including phenoxy) is 2. The van der Waals surface area contributed by atoms with Gasteiger partial charge in [0.1, 0.15) is 6.61 Å². The summed E-state index contributed by atoms with van der Waals surface area (Å²) in [5.74, 6) is 0.0766. The van der Waals surface area contributed by atoms with Crippen LogP contribution in [-0.4, -0.2) is 62.4 Å². The zero-order valence-electron chi connectivity index (χ0n) is 9.99. The molecule has 1 N–H and O–H groups in total. The molecule has 2 heterocycles. The molecule has 2 aliphatic rings. The van der Waals surface area contributed by atoms with Gasteiger partial charge in [0.15, 0.2) is 0 Å². The summed E-state index contributed by atoms with van der Waals surface area (Å²) in [4.78, 5) is 13.6. The van der Waals surface area contributed by atoms with Crippen LogP contribution in [0.4, 0.5) is 0 Å². The van der Waals surface area contributed by atoms with E-state index in [1.165, 1.54) is 0 Å². The molecule has 0 bridgehead atoms. The SMILES string of the molecule is COC1CCN(C(=O)COC2(C)CNC2)C1. The maximum absolute atomic E-state index is 11.8. The minimum Gasteiger partial charge on any atom is -0.380 e. The van der Waals surface area contributed by atoms with E-state index >= 15 is 0 Å². The summed E-state index contributed by atoms with van der Waals surface area (Å²) in [7, 11) is 1.69. The van der Waals surface area contributed by atoms with Crippen molar-refractivity contribution in [1.29, 1.82) is 0 Å². The van der Waals surface area contributed by atoms with Gasteiger partial charge in [-0.15, -0.1) is 0 Å². The standard InChI is InChI=1S/C11H20N2O3/c1-11(7-12-8-11)16-6-10(14)13-4-3-9(5-13)15-2/h9,12H,3-8H2,1-2H3. The Kier molecular flexibility index (Phi) is 3.47. The Morgan fingerprint density at radius 2 is 2.31 bits per heavy atom. The van der Waals surface area contributed by atoms with Crippen molar-refractivity contribution in [3.05, 3.63) is 0 Å². The van der Waals surface area contributed by atoms with E-state index in [1.807, 2.05) is 11.8 Å². The number of nitrogens with zero attached hydrogens (tertiary/aromatic N) is 1. The topological polar surface area (TPSA) is 50.8 Å². The largest absolute Gasteiger partial charge is 0.380 e. The highest BCUT2D eigenvalue weighted by Crippen LogP contribution is 2.16. The number of hydrogen-bond acceptors (Lipinski definition) is 4. The van der Waals surface area contributed by atoms with E-state index in [9.17, 15) is 4.79 Å². The number of carbonyl (C=O) groups excluding carboxylic acids is 1. The van der Waals surface area contributed by atoms with Gasteiger partial charge in [0, 0.05) is 33.3 Å². The second-order valence-corrected chi connectivity index (χ2v) is 4.83. The third kappa shape index (κ3) is 2.53. The number of hydrogen-bond donors (Lipinski definition) is 1. The summed E-state index contributed by atoms with van der Waals surface area (Å²) < 4.78 is 10.8. The third-order valence-electron chi connectivity index (χ3n) is 3.37. The van der Waals surface area contributed by atoms with Crippen LogP contribution < -0.4 is 5.32 Å². The molecule has 1 unspecified atom stereocenters. The lowest BCUT2D eigenvalue weighted by molar-refractivity contribution is -0.145. The van der Waals surface area contributed by atoms with Gasteiger partial charge in [-0.1, -0.05) is 0 Å². The summed E-state index contributed by atoms with van der Waals surface area (Å²) in [6.45, 7) is 5.37. The lowest BCUT2D eigenvalue weighted by atomic mass is 10.0. The highest BCUT2D eigenvalue weighted by Gasteiger charge is 2.34. The fourth-order valence-electron chi connectivity index (χ4n) is 2.05. The number of likely N-dealkylation sites (tertiary alicyclic amines) is 1. The van der Waals surface area contributed by atoms with Crippen molar-refractivity contribution in [2.24, 2.45) is 0 Å². The van der Waals surface area contributed by atoms with Gasteiger partial charge in [-0.05, 0) is 13.3 Å². The Hall–Kier alpha value is -0.650. The molecule has 2 rings (SSSR count). The number of amides is 1. The van der Waals surface area contributed by atoms with Gasteiger partial charge >= 0.3 is 0 Å². The highest BCUT2D eigenvalue weighted by molar-refractivity contribution is 5.77. The Bertz CT molecular complexity index is 266. The zero-order chi connectivity index (χ0) is 11.6. The molecule has 0 aromatic carbocycles. The number of nitrogens with one attached hydrogen (secondary N) is 1. The van der Waals surface area contributed by atoms with E-state index < -0.39 is 0 Å². The molecule has 16 heavy (non-hydrogen) atoms. The highest BCUT2D eigenvalue weighted by atomic mass is 16.5. The minimum atomic E-state index is -0.143. The van der Waals surface area contributed by atoms with E-state index in [0.29, 0.717) is 6.54 Å². The van der Waals surface area contributed by atoms with E-state index in [0.717, 1.165) is 26.1 Å². The first kappa shape index (κ1) is 11.8. The molecule has 0 spiro atoms. The van der Waals surface area contributed by atoms with Gasteiger partial charge in [0.2, 0.25) is 5.91 Å². The first-order valence-electron chi connectivity index (χ1n) is 5.78. The summed E-state index contributed by atoms with van der Waals surface area (Å²) in [5.41, 5.74) is -0.143. The molecular formula is C11H20N2O3. The maximum Gasteiger partial charge on any atom is 0.248 e. The molecule has 0 aliphatic carbocycles. The molecule has 5 nitrogen and oxygen atoms in total. The van der Waals surface area contributed by atoms with Gasteiger partial charge < -0.3 is 19.7 Å². The monoisotopic (exact) mass is 228 g/mol. The van der Waals surface area contributed by atoms with Crippen LogP contribution in [-0.2, 0) is 14.3 Å². The first-order chi connectivity index (χ1) is 7.63. The van der Waals surface area contributed by atoms with Crippen molar-refractivity contribution in [2.45, 2.75) is 25.0 Å². The van der Waals surface area contributed by atoms with Crippen LogP contribution in [0, 0.1) is 0 Å². The van der Waals surface area contributed by atoms with Crippen LogP contribution in [0.15, 0.2) is 0 Å². The predicted octanol–water partition coefficient (Wildman–Crippen LogP) is -0.388. The smallest absolute Gasteiger partial charge is 0.248 e. The summed E-state index contributed by atoms with van der Waals surface area (Å²) in [6, 6.07) is 0. The van der Waals surface area contributed by atoms with Crippen LogP contribution in [0.1, 0.15) is 13.3 Å². The molecule has 2 saturated heterocycles. The zero-order valence-corrected chi connectivity index (χ0v) is 9.99. The molecule has 2 fully saturated rings. The first-order valence-corrected chi connectivity index (χ1v) is 5.78. The molecule has 0 saturated carbocycles. The van der Waals surface area contributed by atoms with Crippen molar-refractivity contribution in [3.8, 4) is 0 Å². The molecule has 92 valence electrons. The average molecular weight is 228 g/mol. The molecular weight excluding hydrogens is 208 g/mol. The molecule has 1 atom stereocenters. The number of rotatable bonds is 4. The van der Waals surface area contributed by atoms with Crippen molar-refractivity contribution in [2.75, 3.05) is 39.9 Å². The summed E-state index contributed by atoms with van der Waals surface area (Å²) in [6.07, 6.45) is 1.13. The Balaban J connectivity index is 1.72. The van der Waals surface area contributed by atoms with Crippen molar-refractivity contribution >= 4 is 5.91 Å². The molecule has 0 aromatic heterocycles. The predicted molar refractivity (Wildman–Crippen MR) is 59.2 cm³/mol. The van der Waals surface area contributed by atoms with Crippen LogP contribution in [0.2, 0.25) is 0 Å². The van der Waals surface area contributed by atoms with E-state index in [1.54, 1.807) is 7.11 Å². The minimum absolute atomic E-state index is 0.0766. The van der Waals surface area contributed by atoms with Gasteiger partial charge in [0.25, 0.3) is 0 Å². The van der Waals surface area contributed by atoms with Gasteiger partial charge in [-0.3, -0.25) is 4.79 Å². The molecule has 1 amide bonds. The van der Waals surface area contributed by atoms with Crippen LogP contribution in [0.25, 0.3) is 0 Å². The van der Waals surface area contributed by atoms with Crippen LogP contribution in [0.3, 0.4) is 0 Å². The van der Waals surface area contributed by atoms with Crippen molar-refractivity contribution in [1.82, 2.24) is 10.2 Å². The average Bonchev–Trinajstić information content (AvgIpc) is 2.71. The van der Waals surface area contributed by atoms with E-state index in [4.69, 9.17) is 9.47 Å². The van der Waals surface area contributed by atoms with Gasteiger partial charge in [-0.2, -0.15) is 0 Å². The van der Waals surface area contributed by atoms with Crippen LogP contribution >= 0.6 is 0 Å². The maximum atomic E-state index is 11.8. The number of methoxy groups -OCH3 is 1. The molecule has 2 aliphatic heterocycles. The van der Waals surface area contributed by atoms with E-state index in [-0.39, 0.29) is 24.2 Å². The molecule has 0 radical (unpaired) electrons. The lowest BCUT2D eigenvalue weighted by Gasteiger charge is -2.39. The molecule has 0 aromatic rings. The number of carbonyl (C=O) groups is 1. The fraction of sp³-hybridized carbons (Fsp3) is 0.909. The van der Waals surface area contributed by atoms with E-state index in [2.05, 4.69) is 5.32 Å². The lowest BCUT2D eigenvalue weighted by Crippen LogP contribution is -2.59. The van der Waals surface area contributed by atoms with Crippen LogP contribution in [0.5, 0.6) is 0 Å². The van der Waals surface area contributed by atoms with Gasteiger partial charge in [0.05, 0.1) is 11.7 Å². The molecule has 5 heteroatoms. The van der Waals surface area contributed by atoms with Crippen molar-refractivity contribution < 1.29 is 14.3 Å². The summed E-state index contributed by atoms with van der Waals surface area (Å²) in [5, 5.41) is 3.14. The summed E-state index contributed by atoms with van der Waals surface area (Å²) >= 11 is 0. The van der Waals surface area contributed by atoms with Crippen molar-refractivity contribution in [3.63, 3.8) is 0 Å². The Morgan fingerprint density at radius 3 is 2.81 bits per heavy atom. The second-order valence-electron chi connectivity index (χ2n) is 4.83. The quantitative estimate of drug-likeness (QED) is 0.712. The normalized spacial score (nSPS) is 27.9. The Labute approximate surface area is 96.1 Å². The second kappa shape index (κ2) is 4.69. The Morgan fingerprint density at radius 1 is 1.56 bits per heavy atom. The third-order valence-corrected chi connectivity index (χ3v) is 3.37.